The third-order valence-electron chi connectivity index (χ3n) is 3.36. The van der Waals surface area contributed by atoms with Crippen LogP contribution in [0.4, 0.5) is 0 Å². The summed E-state index contributed by atoms with van der Waals surface area (Å²) in [5, 5.41) is 4.47. The number of hydrogen-bond acceptors (Lipinski definition) is 3. The highest BCUT2D eigenvalue weighted by molar-refractivity contribution is 9.10. The van der Waals surface area contributed by atoms with Crippen molar-refractivity contribution >= 4 is 27.3 Å². The molecule has 1 aliphatic carbocycles. The third-order valence-corrected chi connectivity index (χ3v) is 5.39. The lowest BCUT2D eigenvalue weighted by molar-refractivity contribution is 0.674. The van der Waals surface area contributed by atoms with Gasteiger partial charge in [-0.3, -0.25) is 0 Å². The van der Waals surface area contributed by atoms with Crippen molar-refractivity contribution in [1.29, 1.82) is 0 Å². The number of likely N-dealkylation sites (N-methyl/N-ethyl adjacent to an activating group) is 1. The van der Waals surface area contributed by atoms with Gasteiger partial charge in [-0.15, -0.1) is 11.3 Å². The number of nitrogens with zero attached hydrogens (tertiary/aromatic N) is 1. The molecule has 1 aromatic heterocycles. The Bertz CT molecular complexity index is 591. The molecule has 1 N–H and O–H groups in total. The van der Waals surface area contributed by atoms with Crippen molar-refractivity contribution in [3.05, 3.63) is 38.1 Å². The summed E-state index contributed by atoms with van der Waals surface area (Å²) >= 11 is 5.49. The monoisotopic (exact) mass is 322 g/mol. The second-order valence-corrected chi connectivity index (χ2v) is 6.69. The molecule has 0 spiro atoms. The smallest absolute Gasteiger partial charge is 0.0976 e. The molecule has 0 radical (unpaired) electrons. The number of fused-ring (bicyclic) bond motifs is 3. The maximum Gasteiger partial charge on any atom is 0.0976 e. The van der Waals surface area contributed by atoms with Gasteiger partial charge in [0.15, 0.2) is 0 Å². The number of aromatic nitrogens is 1. The molecule has 1 aliphatic rings. The van der Waals surface area contributed by atoms with Crippen molar-refractivity contribution in [2.45, 2.75) is 19.3 Å². The molecular formula is C14H15BrN2S. The largest absolute Gasteiger partial charge is 0.319 e. The summed E-state index contributed by atoms with van der Waals surface area (Å²) in [4.78, 5) is 6.26. The molecule has 0 bridgehead atoms. The van der Waals surface area contributed by atoms with Gasteiger partial charge in [0.05, 0.1) is 10.7 Å². The maximum absolute atomic E-state index is 4.85. The van der Waals surface area contributed by atoms with Gasteiger partial charge < -0.3 is 5.32 Å². The van der Waals surface area contributed by atoms with Gasteiger partial charge in [0.25, 0.3) is 0 Å². The number of nitrogens with one attached hydrogen (secondary N) is 1. The van der Waals surface area contributed by atoms with Crippen LogP contribution in [-0.4, -0.2) is 18.6 Å². The number of thiazole rings is 1. The van der Waals surface area contributed by atoms with Crippen molar-refractivity contribution in [3.8, 4) is 11.3 Å². The van der Waals surface area contributed by atoms with Crippen LogP contribution in [0.2, 0.25) is 0 Å². The molecule has 18 heavy (non-hydrogen) atoms. The number of hydrogen-bond donors (Lipinski definition) is 1. The molecule has 1 heterocycles. The Hall–Kier alpha value is -0.710. The average Bonchev–Trinajstić information content (AvgIpc) is 2.88. The van der Waals surface area contributed by atoms with Crippen molar-refractivity contribution in [2.24, 2.45) is 0 Å². The fourth-order valence-corrected chi connectivity index (χ4v) is 4.07. The summed E-state index contributed by atoms with van der Waals surface area (Å²) in [6.07, 6.45) is 1.02. The number of halogens is 1. The van der Waals surface area contributed by atoms with E-state index in [-0.39, 0.29) is 0 Å². The van der Waals surface area contributed by atoms with Crippen molar-refractivity contribution in [1.82, 2.24) is 10.3 Å². The molecule has 2 aromatic rings. The summed E-state index contributed by atoms with van der Waals surface area (Å²) in [5.74, 6) is 0.487. The van der Waals surface area contributed by atoms with Crippen LogP contribution in [0.15, 0.2) is 22.7 Å². The molecular weight excluding hydrogens is 308 g/mol. The van der Waals surface area contributed by atoms with E-state index < -0.39 is 0 Å². The lowest BCUT2D eigenvalue weighted by Crippen LogP contribution is -2.14. The van der Waals surface area contributed by atoms with Crippen LogP contribution in [0.25, 0.3) is 11.3 Å². The quantitative estimate of drug-likeness (QED) is 0.793. The van der Waals surface area contributed by atoms with E-state index in [4.69, 9.17) is 4.98 Å². The zero-order valence-corrected chi connectivity index (χ0v) is 12.9. The molecule has 0 amide bonds. The Morgan fingerprint density at radius 2 is 2.33 bits per heavy atom. The number of benzene rings is 1. The predicted octanol–water partition coefficient (Wildman–Crippen LogP) is 3.80. The van der Waals surface area contributed by atoms with Crippen LogP contribution in [0, 0.1) is 0 Å². The lowest BCUT2D eigenvalue weighted by Gasteiger charge is -2.07. The Kier molecular flexibility index (Phi) is 3.26. The van der Waals surface area contributed by atoms with Crippen LogP contribution in [0.1, 0.15) is 28.3 Å². The van der Waals surface area contributed by atoms with Gasteiger partial charge in [-0.1, -0.05) is 35.0 Å². The highest BCUT2D eigenvalue weighted by Gasteiger charge is 2.25. The first-order valence-electron chi connectivity index (χ1n) is 6.12. The Morgan fingerprint density at radius 3 is 3.11 bits per heavy atom. The summed E-state index contributed by atoms with van der Waals surface area (Å²) in [5.41, 5.74) is 3.90. The van der Waals surface area contributed by atoms with Crippen LogP contribution in [0.3, 0.4) is 0 Å². The molecule has 4 heteroatoms. The molecule has 94 valence electrons. The van der Waals surface area contributed by atoms with E-state index in [0.29, 0.717) is 5.92 Å². The number of rotatable bonds is 3. The van der Waals surface area contributed by atoms with E-state index in [1.165, 1.54) is 31.2 Å². The standard InChI is InChI=1S/C14H15BrN2S/c1-8(7-16-2)14-17-13-9-4-3-5-11(15)10(9)6-12(13)18-14/h3-5,8,16H,6-7H2,1-2H3. The van der Waals surface area contributed by atoms with Gasteiger partial charge in [-0.2, -0.15) is 0 Å². The highest BCUT2D eigenvalue weighted by Crippen LogP contribution is 2.43. The fraction of sp³-hybridized carbons (Fsp3) is 0.357. The minimum atomic E-state index is 0.487. The Labute approximate surface area is 120 Å². The van der Waals surface area contributed by atoms with Crippen LogP contribution >= 0.6 is 27.3 Å². The van der Waals surface area contributed by atoms with Gasteiger partial charge in [0.1, 0.15) is 0 Å². The van der Waals surface area contributed by atoms with E-state index in [1.54, 1.807) is 0 Å². The summed E-state index contributed by atoms with van der Waals surface area (Å²) in [7, 11) is 1.99. The minimum absolute atomic E-state index is 0.487. The predicted molar refractivity (Wildman–Crippen MR) is 80.4 cm³/mol. The Balaban J connectivity index is 2.01. The molecule has 2 nitrogen and oxygen atoms in total. The molecule has 1 aromatic carbocycles. The first-order valence-corrected chi connectivity index (χ1v) is 7.73. The van der Waals surface area contributed by atoms with Gasteiger partial charge in [0, 0.05) is 33.8 Å². The van der Waals surface area contributed by atoms with E-state index in [9.17, 15) is 0 Å². The Morgan fingerprint density at radius 1 is 1.50 bits per heavy atom. The summed E-state index contributed by atoms with van der Waals surface area (Å²) in [6, 6.07) is 6.38. The average molecular weight is 323 g/mol. The van der Waals surface area contributed by atoms with E-state index in [2.05, 4.69) is 46.4 Å². The molecule has 0 fully saturated rings. The summed E-state index contributed by atoms with van der Waals surface area (Å²) < 4.78 is 1.20. The van der Waals surface area contributed by atoms with Crippen molar-refractivity contribution in [2.75, 3.05) is 13.6 Å². The third kappa shape index (κ3) is 1.92. The lowest BCUT2D eigenvalue weighted by atomic mass is 10.1. The highest BCUT2D eigenvalue weighted by atomic mass is 79.9. The van der Waals surface area contributed by atoms with Crippen LogP contribution < -0.4 is 5.32 Å². The normalized spacial score (nSPS) is 14.4. The van der Waals surface area contributed by atoms with E-state index in [0.717, 1.165) is 13.0 Å². The van der Waals surface area contributed by atoms with Gasteiger partial charge in [0.2, 0.25) is 0 Å². The van der Waals surface area contributed by atoms with Gasteiger partial charge in [-0.05, 0) is 18.7 Å². The SMILES string of the molecule is CNCC(C)c1nc2c(s1)Cc1c(Br)cccc1-2. The van der Waals surface area contributed by atoms with Crippen LogP contribution in [0.5, 0.6) is 0 Å². The van der Waals surface area contributed by atoms with E-state index in [1.807, 2.05) is 18.4 Å². The first-order chi connectivity index (χ1) is 8.70. The van der Waals surface area contributed by atoms with Gasteiger partial charge in [-0.25, -0.2) is 4.98 Å². The molecule has 0 aliphatic heterocycles. The van der Waals surface area contributed by atoms with Crippen LogP contribution in [-0.2, 0) is 6.42 Å². The minimum Gasteiger partial charge on any atom is -0.319 e. The van der Waals surface area contributed by atoms with Crippen molar-refractivity contribution in [3.63, 3.8) is 0 Å². The second kappa shape index (κ2) is 4.76. The molecule has 0 saturated heterocycles. The maximum atomic E-state index is 4.85. The van der Waals surface area contributed by atoms with Crippen molar-refractivity contribution < 1.29 is 0 Å². The van der Waals surface area contributed by atoms with Gasteiger partial charge >= 0.3 is 0 Å². The molecule has 1 unspecified atom stereocenters. The molecule has 0 saturated carbocycles. The van der Waals surface area contributed by atoms with E-state index >= 15 is 0 Å². The summed E-state index contributed by atoms with van der Waals surface area (Å²) in [6.45, 7) is 3.21. The first kappa shape index (κ1) is 12.3. The molecule has 1 atom stereocenters. The zero-order valence-electron chi connectivity index (χ0n) is 10.5. The topological polar surface area (TPSA) is 24.9 Å². The zero-order chi connectivity index (χ0) is 12.7. The molecule has 3 rings (SSSR count). The second-order valence-electron chi connectivity index (χ2n) is 4.73. The fourth-order valence-electron chi connectivity index (χ4n) is 2.43.